The van der Waals surface area contributed by atoms with Gasteiger partial charge in [-0.15, -0.1) is 0 Å². The zero-order valence-corrected chi connectivity index (χ0v) is 11.0. The topological polar surface area (TPSA) is 26.0 Å². The van der Waals surface area contributed by atoms with Gasteiger partial charge >= 0.3 is 0 Å². The second-order valence-electron chi connectivity index (χ2n) is 6.16. The van der Waals surface area contributed by atoms with Crippen LogP contribution in [0.25, 0.3) is 0 Å². The number of aromatic nitrogens is 1. The van der Waals surface area contributed by atoms with E-state index in [0.717, 1.165) is 11.7 Å². The minimum Gasteiger partial charge on any atom is -0.445 e. The zero-order valence-electron chi connectivity index (χ0n) is 11.0. The minimum atomic E-state index is -0.00862. The molecule has 0 bridgehead atoms. The lowest BCUT2D eigenvalue weighted by Gasteiger charge is -2.26. The quantitative estimate of drug-likeness (QED) is 0.738. The van der Waals surface area contributed by atoms with E-state index in [2.05, 4.69) is 53.5 Å². The molecule has 2 nitrogen and oxygen atoms in total. The van der Waals surface area contributed by atoms with E-state index < -0.39 is 0 Å². The Bertz CT molecular complexity index is 329. The van der Waals surface area contributed by atoms with E-state index in [1.165, 1.54) is 0 Å². The van der Waals surface area contributed by atoms with E-state index in [0.29, 0.717) is 5.92 Å². The monoisotopic (exact) mass is 209 g/mol. The van der Waals surface area contributed by atoms with Crippen molar-refractivity contribution in [2.75, 3.05) is 0 Å². The molecule has 2 heteroatoms. The molecule has 0 radical (unpaired) electrons. The number of oxazole rings is 1. The fourth-order valence-electron chi connectivity index (χ4n) is 1.20. The Morgan fingerprint density at radius 2 is 1.67 bits per heavy atom. The van der Waals surface area contributed by atoms with Crippen LogP contribution in [0.5, 0.6) is 0 Å². The van der Waals surface area contributed by atoms with Crippen molar-refractivity contribution in [1.82, 2.24) is 4.98 Å². The third-order valence-corrected chi connectivity index (χ3v) is 3.23. The van der Waals surface area contributed by atoms with Crippen molar-refractivity contribution in [2.24, 2.45) is 5.92 Å². The molecule has 15 heavy (non-hydrogen) atoms. The lowest BCUT2D eigenvalue weighted by molar-refractivity contribution is 0.274. The molecule has 1 rings (SSSR count). The van der Waals surface area contributed by atoms with Crippen molar-refractivity contribution in [3.63, 3.8) is 0 Å². The summed E-state index contributed by atoms with van der Waals surface area (Å²) in [5, 5.41) is 0. The van der Waals surface area contributed by atoms with Crippen LogP contribution in [0.4, 0.5) is 0 Å². The van der Waals surface area contributed by atoms with Crippen LogP contribution >= 0.6 is 0 Å². The summed E-state index contributed by atoms with van der Waals surface area (Å²) < 4.78 is 5.86. The first-order chi connectivity index (χ1) is 6.65. The molecule has 1 heterocycles. The van der Waals surface area contributed by atoms with E-state index >= 15 is 0 Å². The molecule has 0 aliphatic heterocycles. The lowest BCUT2D eigenvalue weighted by Crippen LogP contribution is -2.23. The average molecular weight is 209 g/mol. The van der Waals surface area contributed by atoms with Crippen LogP contribution in [0.1, 0.15) is 60.1 Å². The van der Waals surface area contributed by atoms with Crippen molar-refractivity contribution >= 4 is 0 Å². The standard InChI is InChI=1S/C13H23NO/c1-9(2)13(6,7)10-8-14-11(15-10)12(3,4)5/h8-9H,1-7H3. The van der Waals surface area contributed by atoms with Gasteiger partial charge in [0, 0.05) is 10.8 Å². The number of hydrogen-bond donors (Lipinski definition) is 0. The van der Waals surface area contributed by atoms with E-state index in [9.17, 15) is 0 Å². The predicted molar refractivity (Wildman–Crippen MR) is 63.1 cm³/mol. The third kappa shape index (κ3) is 2.42. The smallest absolute Gasteiger partial charge is 0.199 e. The van der Waals surface area contributed by atoms with Gasteiger partial charge in [0.15, 0.2) is 5.89 Å². The Morgan fingerprint density at radius 3 is 2.00 bits per heavy atom. The molecule has 0 amide bonds. The molecule has 0 aromatic carbocycles. The second kappa shape index (κ2) is 3.66. The lowest BCUT2D eigenvalue weighted by atomic mass is 9.79. The molecule has 0 spiro atoms. The minimum absolute atomic E-state index is 0.00862. The maximum absolute atomic E-state index is 5.86. The van der Waals surface area contributed by atoms with E-state index in [1.54, 1.807) is 0 Å². The fraction of sp³-hybridized carbons (Fsp3) is 0.769. The summed E-state index contributed by atoms with van der Waals surface area (Å²) >= 11 is 0. The summed E-state index contributed by atoms with van der Waals surface area (Å²) in [4.78, 5) is 4.37. The van der Waals surface area contributed by atoms with Crippen molar-refractivity contribution in [1.29, 1.82) is 0 Å². The van der Waals surface area contributed by atoms with Crippen LogP contribution in [0, 0.1) is 5.92 Å². The Hall–Kier alpha value is -0.790. The highest BCUT2D eigenvalue weighted by molar-refractivity contribution is 5.11. The van der Waals surface area contributed by atoms with Crippen LogP contribution in [0.2, 0.25) is 0 Å². The van der Waals surface area contributed by atoms with E-state index in [-0.39, 0.29) is 10.8 Å². The Morgan fingerprint density at radius 1 is 1.13 bits per heavy atom. The SMILES string of the molecule is CC(C)C(C)(C)c1cnc(C(C)(C)C)o1. The van der Waals surface area contributed by atoms with Gasteiger partial charge in [-0.3, -0.25) is 0 Å². The van der Waals surface area contributed by atoms with Gasteiger partial charge in [0.25, 0.3) is 0 Å². The molecule has 86 valence electrons. The summed E-state index contributed by atoms with van der Waals surface area (Å²) in [7, 11) is 0. The summed E-state index contributed by atoms with van der Waals surface area (Å²) in [5.41, 5.74) is 0.0435. The van der Waals surface area contributed by atoms with Crippen LogP contribution in [-0.4, -0.2) is 4.98 Å². The number of rotatable bonds is 2. The summed E-state index contributed by atoms with van der Waals surface area (Å²) in [6, 6.07) is 0. The maximum Gasteiger partial charge on any atom is 0.199 e. The molecule has 1 aromatic heterocycles. The molecular formula is C13H23NO. The van der Waals surface area contributed by atoms with Gasteiger partial charge in [0.05, 0.1) is 6.20 Å². The van der Waals surface area contributed by atoms with Gasteiger partial charge in [-0.2, -0.15) is 0 Å². The highest BCUT2D eigenvalue weighted by Gasteiger charge is 2.30. The molecule has 0 saturated carbocycles. The summed E-state index contributed by atoms with van der Waals surface area (Å²) in [6.45, 7) is 15.2. The molecule has 0 aliphatic carbocycles. The van der Waals surface area contributed by atoms with Crippen molar-refractivity contribution in [2.45, 2.75) is 59.3 Å². The third-order valence-electron chi connectivity index (χ3n) is 3.23. The molecule has 0 unspecified atom stereocenters. The van der Waals surface area contributed by atoms with Crippen molar-refractivity contribution in [3.8, 4) is 0 Å². The molecule has 0 saturated heterocycles. The number of hydrogen-bond acceptors (Lipinski definition) is 2. The average Bonchev–Trinajstić information content (AvgIpc) is 2.50. The van der Waals surface area contributed by atoms with Crippen LogP contribution in [0.3, 0.4) is 0 Å². The molecular weight excluding hydrogens is 186 g/mol. The largest absolute Gasteiger partial charge is 0.445 e. The number of nitrogens with zero attached hydrogens (tertiary/aromatic N) is 1. The second-order valence-corrected chi connectivity index (χ2v) is 6.16. The van der Waals surface area contributed by atoms with Gasteiger partial charge in [-0.1, -0.05) is 48.5 Å². The molecule has 1 aromatic rings. The molecule has 0 N–H and O–H groups in total. The Kier molecular flexibility index (Phi) is 2.99. The highest BCUT2D eigenvalue weighted by atomic mass is 16.4. The maximum atomic E-state index is 5.86. The van der Waals surface area contributed by atoms with E-state index in [1.807, 2.05) is 6.20 Å². The van der Waals surface area contributed by atoms with Crippen molar-refractivity contribution in [3.05, 3.63) is 17.8 Å². The van der Waals surface area contributed by atoms with E-state index in [4.69, 9.17) is 4.42 Å². The van der Waals surface area contributed by atoms with Crippen LogP contribution in [0.15, 0.2) is 10.6 Å². The van der Waals surface area contributed by atoms with Gasteiger partial charge in [-0.05, 0) is 5.92 Å². The fourth-order valence-corrected chi connectivity index (χ4v) is 1.20. The Balaban J connectivity index is 3.04. The summed E-state index contributed by atoms with van der Waals surface area (Å²) in [5.74, 6) is 2.35. The highest BCUT2D eigenvalue weighted by Crippen LogP contribution is 2.33. The first-order valence-electron chi connectivity index (χ1n) is 5.62. The summed E-state index contributed by atoms with van der Waals surface area (Å²) in [6.07, 6.45) is 1.88. The van der Waals surface area contributed by atoms with Gasteiger partial charge in [0.1, 0.15) is 5.76 Å². The normalized spacial score (nSPS) is 13.6. The molecule has 0 atom stereocenters. The van der Waals surface area contributed by atoms with Gasteiger partial charge in [0.2, 0.25) is 0 Å². The predicted octanol–water partition coefficient (Wildman–Crippen LogP) is 3.91. The van der Waals surface area contributed by atoms with Gasteiger partial charge in [-0.25, -0.2) is 4.98 Å². The first-order valence-corrected chi connectivity index (χ1v) is 5.62. The van der Waals surface area contributed by atoms with Gasteiger partial charge < -0.3 is 4.42 Å². The van der Waals surface area contributed by atoms with Crippen LogP contribution < -0.4 is 0 Å². The molecule has 0 fully saturated rings. The first kappa shape index (κ1) is 12.3. The molecule has 0 aliphatic rings. The van der Waals surface area contributed by atoms with Crippen molar-refractivity contribution < 1.29 is 4.42 Å². The zero-order chi connectivity index (χ0) is 11.9. The Labute approximate surface area is 93.1 Å². The van der Waals surface area contributed by atoms with Crippen LogP contribution in [-0.2, 0) is 10.8 Å².